The van der Waals surface area contributed by atoms with Crippen molar-refractivity contribution in [2.24, 2.45) is 0 Å². The molecule has 2 aliphatic rings. The molecule has 6 rings (SSSR count). The molecule has 0 amide bonds. The number of halogens is 7. The van der Waals surface area contributed by atoms with E-state index in [1.807, 2.05) is 4.57 Å². The molecule has 2 aromatic carbocycles. The summed E-state index contributed by atoms with van der Waals surface area (Å²) in [7, 11) is 0. The second-order valence-corrected chi connectivity index (χ2v) is 11.4. The number of aromatic nitrogens is 5. The molecule has 0 bridgehead atoms. The number of fused-ring (bicyclic) bond motifs is 1. The summed E-state index contributed by atoms with van der Waals surface area (Å²) in [5.74, 6) is 1.13. The van der Waals surface area contributed by atoms with Crippen molar-refractivity contribution in [3.8, 4) is 0 Å². The molecule has 2 aromatic heterocycles. The normalized spacial score (nSPS) is 21.4. The second-order valence-electron chi connectivity index (χ2n) is 11.4. The molecule has 0 aliphatic carbocycles. The highest BCUT2D eigenvalue weighted by Gasteiger charge is 2.40. The first-order valence-electron chi connectivity index (χ1n) is 14.5. The average Bonchev–Trinajstić information content (AvgIpc) is 3.43. The van der Waals surface area contributed by atoms with Crippen LogP contribution in [0.15, 0.2) is 60.9 Å². The van der Waals surface area contributed by atoms with Crippen molar-refractivity contribution < 1.29 is 35.5 Å². The lowest BCUT2D eigenvalue weighted by Gasteiger charge is -2.36. The van der Waals surface area contributed by atoms with Crippen LogP contribution in [-0.2, 0) is 30.1 Å². The van der Waals surface area contributed by atoms with Gasteiger partial charge in [-0.15, -0.1) is 10.2 Å². The topological polar surface area (TPSA) is 69.0 Å². The summed E-state index contributed by atoms with van der Waals surface area (Å²) in [4.78, 5) is 10.8. The highest BCUT2D eigenvalue weighted by atomic mass is 19.4. The standard InChI is InChI=1S/C31H29F7N6O/c1-18(21-12-22(30(33,34)35)14-23(13-21)31(36,37)38)45-26-15-27-41-42-28(44(27)17-25(26)19-5-7-24(32)8-6-19)20-4-2-11-43(16-20)29-39-9-3-10-40-29/h3,5-10,12-14,18,20,25-26H,2,4,11,15-17H2,1H3/t18-,20?,25-,26+/m1/s1. The number of nitrogens with zero attached hydrogens (tertiary/aromatic N) is 6. The van der Waals surface area contributed by atoms with Crippen molar-refractivity contribution in [2.45, 2.75) is 69.1 Å². The van der Waals surface area contributed by atoms with E-state index in [0.29, 0.717) is 42.6 Å². The Kier molecular flexibility index (Phi) is 8.27. The minimum absolute atomic E-state index is 0.0139. The van der Waals surface area contributed by atoms with Crippen LogP contribution >= 0.6 is 0 Å². The van der Waals surface area contributed by atoms with E-state index in [0.717, 1.165) is 25.2 Å². The SMILES string of the molecule is C[C@@H](O[C@H]1Cc2nnc(C3CCCN(c4ncccn4)C3)n2C[C@@H]1c1ccc(F)cc1)c1cc(C(F)(F)F)cc(C(F)(F)F)c1. The van der Waals surface area contributed by atoms with Crippen LogP contribution in [0.25, 0.3) is 0 Å². The van der Waals surface area contributed by atoms with Gasteiger partial charge >= 0.3 is 12.4 Å². The Morgan fingerprint density at radius 3 is 2.20 bits per heavy atom. The number of hydrogen-bond donors (Lipinski definition) is 0. The van der Waals surface area contributed by atoms with Gasteiger partial charge in [0.25, 0.3) is 0 Å². The molecule has 45 heavy (non-hydrogen) atoms. The summed E-state index contributed by atoms with van der Waals surface area (Å²) in [6.45, 7) is 3.16. The molecule has 1 unspecified atom stereocenters. The van der Waals surface area contributed by atoms with Crippen LogP contribution in [0.1, 0.15) is 71.6 Å². The van der Waals surface area contributed by atoms with E-state index in [-0.39, 0.29) is 24.0 Å². The van der Waals surface area contributed by atoms with E-state index in [1.54, 1.807) is 30.6 Å². The third-order valence-electron chi connectivity index (χ3n) is 8.45. The van der Waals surface area contributed by atoms with Gasteiger partial charge in [-0.3, -0.25) is 0 Å². The lowest BCUT2D eigenvalue weighted by Crippen LogP contribution is -2.39. The zero-order chi connectivity index (χ0) is 31.9. The first-order valence-corrected chi connectivity index (χ1v) is 14.5. The third-order valence-corrected chi connectivity index (χ3v) is 8.45. The van der Waals surface area contributed by atoms with E-state index < -0.39 is 47.4 Å². The van der Waals surface area contributed by atoms with Crippen molar-refractivity contribution in [3.63, 3.8) is 0 Å². The molecule has 0 saturated carbocycles. The molecular weight excluding hydrogens is 605 g/mol. The molecule has 1 saturated heterocycles. The van der Waals surface area contributed by atoms with Crippen molar-refractivity contribution in [1.29, 1.82) is 0 Å². The Morgan fingerprint density at radius 1 is 0.889 bits per heavy atom. The van der Waals surface area contributed by atoms with Gasteiger partial charge in [0.15, 0.2) is 0 Å². The predicted molar refractivity (Wildman–Crippen MR) is 149 cm³/mol. The Bertz CT molecular complexity index is 1590. The summed E-state index contributed by atoms with van der Waals surface area (Å²) in [6.07, 6.45) is -6.49. The molecule has 4 atom stereocenters. The van der Waals surface area contributed by atoms with E-state index in [4.69, 9.17) is 4.74 Å². The summed E-state index contributed by atoms with van der Waals surface area (Å²) in [5.41, 5.74) is -2.36. The number of hydrogen-bond acceptors (Lipinski definition) is 6. The molecule has 238 valence electrons. The number of piperidine rings is 1. The minimum Gasteiger partial charge on any atom is -0.369 e. The van der Waals surface area contributed by atoms with Gasteiger partial charge in [-0.25, -0.2) is 14.4 Å². The van der Waals surface area contributed by atoms with Gasteiger partial charge in [0.2, 0.25) is 5.95 Å². The molecule has 4 heterocycles. The van der Waals surface area contributed by atoms with Gasteiger partial charge in [-0.2, -0.15) is 26.3 Å². The first-order chi connectivity index (χ1) is 21.4. The fourth-order valence-corrected chi connectivity index (χ4v) is 6.19. The lowest BCUT2D eigenvalue weighted by molar-refractivity contribution is -0.143. The van der Waals surface area contributed by atoms with Gasteiger partial charge in [0.05, 0.1) is 23.3 Å². The zero-order valence-electron chi connectivity index (χ0n) is 24.1. The highest BCUT2D eigenvalue weighted by molar-refractivity contribution is 5.35. The van der Waals surface area contributed by atoms with Gasteiger partial charge in [-0.05, 0) is 67.3 Å². The van der Waals surface area contributed by atoms with Gasteiger partial charge in [0.1, 0.15) is 17.5 Å². The van der Waals surface area contributed by atoms with Crippen molar-refractivity contribution in [1.82, 2.24) is 24.7 Å². The molecule has 2 aliphatic heterocycles. The molecule has 14 heteroatoms. The smallest absolute Gasteiger partial charge is 0.369 e. The maximum atomic E-state index is 13.9. The summed E-state index contributed by atoms with van der Waals surface area (Å²) < 4.78 is 103. The number of anilines is 1. The fraction of sp³-hybridized carbons (Fsp3) is 0.419. The highest BCUT2D eigenvalue weighted by Crippen LogP contribution is 2.40. The van der Waals surface area contributed by atoms with Crippen LogP contribution in [-0.4, -0.2) is 43.9 Å². The summed E-state index contributed by atoms with van der Waals surface area (Å²) >= 11 is 0. The number of alkyl halides is 6. The summed E-state index contributed by atoms with van der Waals surface area (Å²) in [6, 6.07) is 9.03. The van der Waals surface area contributed by atoms with Crippen LogP contribution in [0.2, 0.25) is 0 Å². The van der Waals surface area contributed by atoms with Crippen LogP contribution < -0.4 is 4.90 Å². The second kappa shape index (κ2) is 12.0. The first kappa shape index (κ1) is 30.9. The van der Waals surface area contributed by atoms with Gasteiger partial charge in [0, 0.05) is 50.3 Å². The maximum absolute atomic E-state index is 13.9. The van der Waals surface area contributed by atoms with E-state index in [1.165, 1.54) is 19.1 Å². The van der Waals surface area contributed by atoms with Gasteiger partial charge in [-0.1, -0.05) is 12.1 Å². The van der Waals surface area contributed by atoms with Crippen molar-refractivity contribution >= 4 is 5.95 Å². The molecule has 7 nitrogen and oxygen atoms in total. The Labute approximate surface area is 254 Å². The Morgan fingerprint density at radius 2 is 1.56 bits per heavy atom. The molecule has 0 spiro atoms. The number of rotatable bonds is 6. The summed E-state index contributed by atoms with van der Waals surface area (Å²) in [5, 5.41) is 8.94. The molecule has 4 aromatic rings. The minimum atomic E-state index is -4.98. The quantitative estimate of drug-likeness (QED) is 0.211. The van der Waals surface area contributed by atoms with Crippen LogP contribution in [0.5, 0.6) is 0 Å². The molecular formula is C31H29F7N6O. The maximum Gasteiger partial charge on any atom is 0.416 e. The predicted octanol–water partition coefficient (Wildman–Crippen LogP) is 7.12. The van der Waals surface area contributed by atoms with E-state index in [2.05, 4.69) is 25.1 Å². The van der Waals surface area contributed by atoms with Crippen LogP contribution in [0, 0.1) is 5.82 Å². The van der Waals surface area contributed by atoms with Crippen LogP contribution in [0.3, 0.4) is 0 Å². The molecule has 0 N–H and O–H groups in total. The fourth-order valence-electron chi connectivity index (χ4n) is 6.19. The molecule has 1 fully saturated rings. The van der Waals surface area contributed by atoms with Crippen molar-refractivity contribution in [3.05, 3.63) is 101 Å². The number of benzene rings is 2. The Hall–Kier alpha value is -4.07. The zero-order valence-corrected chi connectivity index (χ0v) is 24.1. The number of ether oxygens (including phenoxy) is 1. The van der Waals surface area contributed by atoms with E-state index >= 15 is 0 Å². The van der Waals surface area contributed by atoms with Gasteiger partial charge < -0.3 is 14.2 Å². The van der Waals surface area contributed by atoms with E-state index in [9.17, 15) is 30.7 Å². The Balaban J connectivity index is 1.30. The lowest BCUT2D eigenvalue weighted by atomic mass is 9.87. The molecule has 0 radical (unpaired) electrons. The monoisotopic (exact) mass is 634 g/mol. The third kappa shape index (κ3) is 6.65. The van der Waals surface area contributed by atoms with Crippen LogP contribution in [0.4, 0.5) is 36.7 Å². The average molecular weight is 635 g/mol. The largest absolute Gasteiger partial charge is 0.416 e. The van der Waals surface area contributed by atoms with Crippen molar-refractivity contribution in [2.75, 3.05) is 18.0 Å².